The molecule has 14 heteroatoms. The van der Waals surface area contributed by atoms with Crippen LogP contribution in [0.25, 0.3) is 0 Å². The van der Waals surface area contributed by atoms with E-state index in [1.165, 1.54) is 0 Å². The van der Waals surface area contributed by atoms with Gasteiger partial charge in [-0.1, -0.05) is 15.9 Å². The number of carbonyl (C=O) groups is 2. The first-order valence-corrected chi connectivity index (χ1v) is 14.7. The molecule has 0 heterocycles. The van der Waals surface area contributed by atoms with Gasteiger partial charge in [0.2, 0.25) is 6.10 Å². The summed E-state index contributed by atoms with van der Waals surface area (Å²) in [4.78, 5) is 25.2. The van der Waals surface area contributed by atoms with Crippen LogP contribution in [0.5, 0.6) is 5.75 Å². The van der Waals surface area contributed by atoms with E-state index in [0.29, 0.717) is 46.8 Å². The molecule has 196 valence electrons. The summed E-state index contributed by atoms with van der Waals surface area (Å²) in [6.45, 7) is 0. The van der Waals surface area contributed by atoms with Gasteiger partial charge in [0, 0.05) is 4.47 Å². The summed E-state index contributed by atoms with van der Waals surface area (Å²) in [5, 5.41) is 0. The van der Waals surface area contributed by atoms with Crippen LogP contribution < -0.4 is 4.74 Å². The molecule has 35 heavy (non-hydrogen) atoms. The molecule has 1 aromatic carbocycles. The summed E-state index contributed by atoms with van der Waals surface area (Å²) < 4.78 is 81.9. The van der Waals surface area contributed by atoms with Gasteiger partial charge in [-0.2, -0.15) is 21.6 Å². The van der Waals surface area contributed by atoms with Gasteiger partial charge in [-0.15, -0.1) is 0 Å². The number of esters is 2. The molecule has 2 fully saturated rings. The SMILES string of the molecule is O=C(Oc1c(Br)cc(Br)cc1Br)C1CCC2CC(C(=O)OC(CS(=O)(=O)O)C(F)(F)F)CCC2C1. The van der Waals surface area contributed by atoms with Gasteiger partial charge >= 0.3 is 18.1 Å². The summed E-state index contributed by atoms with van der Waals surface area (Å²) in [5.41, 5.74) is 0. The van der Waals surface area contributed by atoms with E-state index < -0.39 is 40.0 Å². The first-order chi connectivity index (χ1) is 16.1. The predicted molar refractivity (Wildman–Crippen MR) is 129 cm³/mol. The zero-order valence-electron chi connectivity index (χ0n) is 18.1. The topological polar surface area (TPSA) is 107 Å². The number of hydrogen-bond donors (Lipinski definition) is 1. The normalized spacial score (nSPS) is 25.9. The average molecular weight is 715 g/mol. The van der Waals surface area contributed by atoms with Crippen molar-refractivity contribution in [2.45, 2.75) is 50.8 Å². The molecule has 0 spiro atoms. The summed E-state index contributed by atoms with van der Waals surface area (Å²) in [6.07, 6.45) is -5.30. The maximum Gasteiger partial charge on any atom is 0.426 e. The van der Waals surface area contributed by atoms with Crippen molar-refractivity contribution in [3.63, 3.8) is 0 Å². The lowest BCUT2D eigenvalue weighted by molar-refractivity contribution is -0.218. The Bertz CT molecular complexity index is 1060. The molecular formula is C21H22Br3F3O7S. The van der Waals surface area contributed by atoms with Crippen LogP contribution in [-0.2, 0) is 24.4 Å². The maximum atomic E-state index is 13.1. The second kappa shape index (κ2) is 11.4. The lowest BCUT2D eigenvalue weighted by Crippen LogP contribution is -2.42. The Morgan fingerprint density at radius 2 is 1.46 bits per heavy atom. The third-order valence-corrected chi connectivity index (χ3v) is 8.79. The minimum Gasteiger partial charge on any atom is -0.451 e. The summed E-state index contributed by atoms with van der Waals surface area (Å²) in [7, 11) is -5.00. The number of hydrogen-bond acceptors (Lipinski definition) is 6. The fourth-order valence-electron chi connectivity index (χ4n) is 4.75. The smallest absolute Gasteiger partial charge is 0.426 e. The minimum atomic E-state index is -5.13. The van der Waals surface area contributed by atoms with Gasteiger partial charge in [0.25, 0.3) is 10.1 Å². The molecule has 0 saturated heterocycles. The number of carbonyl (C=O) groups excluding carboxylic acids is 2. The maximum absolute atomic E-state index is 13.1. The van der Waals surface area contributed by atoms with Gasteiger partial charge in [0.05, 0.1) is 20.8 Å². The van der Waals surface area contributed by atoms with E-state index >= 15 is 0 Å². The zero-order chi connectivity index (χ0) is 26.1. The second-order valence-electron chi connectivity index (χ2n) is 8.88. The predicted octanol–water partition coefficient (Wildman–Crippen LogP) is 6.07. The van der Waals surface area contributed by atoms with Crippen molar-refractivity contribution in [2.24, 2.45) is 23.7 Å². The fraction of sp³-hybridized carbons (Fsp3) is 0.619. The highest BCUT2D eigenvalue weighted by molar-refractivity contribution is 9.11. The zero-order valence-corrected chi connectivity index (χ0v) is 23.6. The molecule has 0 amide bonds. The van der Waals surface area contributed by atoms with Crippen molar-refractivity contribution < 1.29 is 45.2 Å². The largest absolute Gasteiger partial charge is 0.451 e. The number of alkyl halides is 3. The van der Waals surface area contributed by atoms with Crippen LogP contribution >= 0.6 is 47.8 Å². The van der Waals surface area contributed by atoms with Crippen LogP contribution in [-0.4, -0.2) is 42.9 Å². The molecule has 2 aliphatic carbocycles. The van der Waals surface area contributed by atoms with Crippen LogP contribution in [0.15, 0.2) is 25.6 Å². The van der Waals surface area contributed by atoms with Crippen LogP contribution in [0.3, 0.4) is 0 Å². The van der Waals surface area contributed by atoms with E-state index in [0.717, 1.165) is 4.47 Å². The van der Waals surface area contributed by atoms with Crippen molar-refractivity contribution in [1.29, 1.82) is 0 Å². The molecule has 2 saturated carbocycles. The summed E-state index contributed by atoms with van der Waals surface area (Å²) >= 11 is 10.1. The van der Waals surface area contributed by atoms with Crippen LogP contribution in [0.2, 0.25) is 0 Å². The standard InChI is InChI=1S/C21H22Br3F3O7S/c22-14-7-15(23)18(16(24)8-14)34-20(29)13-4-2-10-5-12(3-1-11(10)6-13)19(28)33-17(21(25,26)27)9-35(30,31)32/h7-8,10-13,17H,1-6,9H2,(H,30,31,32). The van der Waals surface area contributed by atoms with E-state index in [1.807, 2.05) is 0 Å². The first kappa shape index (κ1) is 28.9. The number of fused-ring (bicyclic) bond motifs is 1. The molecule has 5 atom stereocenters. The molecule has 1 N–H and O–H groups in total. The third-order valence-electron chi connectivity index (χ3n) is 6.43. The fourth-order valence-corrected chi connectivity index (χ4v) is 7.81. The molecule has 1 aromatic rings. The highest BCUT2D eigenvalue weighted by atomic mass is 79.9. The van der Waals surface area contributed by atoms with Crippen molar-refractivity contribution in [3.05, 3.63) is 25.6 Å². The Morgan fingerprint density at radius 1 is 0.971 bits per heavy atom. The first-order valence-electron chi connectivity index (χ1n) is 10.7. The van der Waals surface area contributed by atoms with Crippen LogP contribution in [0.4, 0.5) is 13.2 Å². The molecule has 5 unspecified atom stereocenters. The molecule has 0 bridgehead atoms. The number of rotatable bonds is 6. The van der Waals surface area contributed by atoms with E-state index in [4.69, 9.17) is 9.29 Å². The Kier molecular flexibility index (Phi) is 9.37. The molecule has 0 aliphatic heterocycles. The van der Waals surface area contributed by atoms with Crippen molar-refractivity contribution in [1.82, 2.24) is 0 Å². The van der Waals surface area contributed by atoms with Crippen molar-refractivity contribution >= 4 is 69.8 Å². The average Bonchev–Trinajstić information content (AvgIpc) is 2.73. The van der Waals surface area contributed by atoms with Crippen molar-refractivity contribution in [3.8, 4) is 5.75 Å². The van der Waals surface area contributed by atoms with E-state index in [9.17, 15) is 31.2 Å². The third kappa shape index (κ3) is 7.89. The molecule has 0 aromatic heterocycles. The van der Waals surface area contributed by atoms with Gasteiger partial charge in [0.15, 0.2) is 5.75 Å². The minimum absolute atomic E-state index is 0.0300. The number of halogens is 6. The van der Waals surface area contributed by atoms with Gasteiger partial charge in [-0.05, 0) is 94.4 Å². The summed E-state index contributed by atoms with van der Waals surface area (Å²) in [6, 6.07) is 3.51. The quantitative estimate of drug-likeness (QED) is 0.217. The lowest BCUT2D eigenvalue weighted by atomic mass is 9.65. The van der Waals surface area contributed by atoms with Gasteiger partial charge in [-0.25, -0.2) is 0 Å². The van der Waals surface area contributed by atoms with E-state index in [-0.39, 0.29) is 30.1 Å². The molecule has 3 rings (SSSR count). The Balaban J connectivity index is 1.57. The Hall–Kier alpha value is -0.700. The van der Waals surface area contributed by atoms with Crippen LogP contribution in [0, 0.1) is 23.7 Å². The monoisotopic (exact) mass is 712 g/mol. The van der Waals surface area contributed by atoms with Gasteiger partial charge < -0.3 is 9.47 Å². The highest BCUT2D eigenvalue weighted by Crippen LogP contribution is 2.46. The van der Waals surface area contributed by atoms with Gasteiger partial charge in [-0.3, -0.25) is 14.1 Å². The van der Waals surface area contributed by atoms with Gasteiger partial charge in [0.1, 0.15) is 5.75 Å². The Morgan fingerprint density at radius 3 is 1.91 bits per heavy atom. The molecule has 7 nitrogen and oxygen atoms in total. The molecule has 2 aliphatic rings. The number of ether oxygens (including phenoxy) is 2. The van der Waals surface area contributed by atoms with E-state index in [1.54, 1.807) is 12.1 Å². The number of benzene rings is 1. The highest BCUT2D eigenvalue weighted by Gasteiger charge is 2.47. The van der Waals surface area contributed by atoms with E-state index in [2.05, 4.69) is 52.5 Å². The van der Waals surface area contributed by atoms with Crippen molar-refractivity contribution in [2.75, 3.05) is 5.75 Å². The molecule has 0 radical (unpaired) electrons. The molecular weight excluding hydrogens is 693 g/mol. The lowest BCUT2D eigenvalue weighted by Gasteiger charge is -2.41. The second-order valence-corrected chi connectivity index (χ2v) is 13.0. The summed E-state index contributed by atoms with van der Waals surface area (Å²) in [5.74, 6) is -3.87. The van der Waals surface area contributed by atoms with Crippen LogP contribution in [0.1, 0.15) is 38.5 Å². The Labute approximate surface area is 225 Å².